The highest BCUT2D eigenvalue weighted by Gasteiger charge is 2.17. The second kappa shape index (κ2) is 5.03. The van der Waals surface area contributed by atoms with Gasteiger partial charge in [0.2, 0.25) is 5.82 Å². The molecule has 24 heavy (non-hydrogen) atoms. The highest BCUT2D eigenvalue weighted by molar-refractivity contribution is 6.01. The van der Waals surface area contributed by atoms with Gasteiger partial charge in [-0.1, -0.05) is 54.6 Å². The van der Waals surface area contributed by atoms with Crippen LogP contribution in [0.15, 0.2) is 77.4 Å². The number of hydrogen-bond donors (Lipinski definition) is 0. The first-order valence-corrected chi connectivity index (χ1v) is 7.65. The quantitative estimate of drug-likeness (QED) is 0.490. The fourth-order valence-corrected chi connectivity index (χ4v) is 2.95. The third kappa shape index (κ3) is 1.85. The van der Waals surface area contributed by atoms with Gasteiger partial charge < -0.3 is 4.42 Å². The lowest BCUT2D eigenvalue weighted by molar-refractivity contribution is 0.574. The van der Waals surface area contributed by atoms with Crippen LogP contribution in [0.2, 0.25) is 0 Å². The van der Waals surface area contributed by atoms with Crippen molar-refractivity contribution in [2.24, 2.45) is 0 Å². The molecule has 5 heteroatoms. The van der Waals surface area contributed by atoms with Crippen molar-refractivity contribution in [3.63, 3.8) is 0 Å². The number of furan rings is 1. The van der Waals surface area contributed by atoms with Crippen molar-refractivity contribution in [1.82, 2.24) is 19.8 Å². The standard InChI is InChI=1S/C19H12N4O/c1-2-7-13(8-3-1)17-14-9-4-5-10-15(14)18-20-21-19(23(18)22-17)16-11-6-12-24-16/h1-12H. The molecular formula is C19H12N4O. The van der Waals surface area contributed by atoms with E-state index in [2.05, 4.69) is 28.4 Å². The van der Waals surface area contributed by atoms with Gasteiger partial charge >= 0.3 is 0 Å². The van der Waals surface area contributed by atoms with Gasteiger partial charge in [0.25, 0.3) is 0 Å². The van der Waals surface area contributed by atoms with Crippen LogP contribution in [-0.2, 0) is 0 Å². The lowest BCUT2D eigenvalue weighted by Crippen LogP contribution is -1.99. The summed E-state index contributed by atoms with van der Waals surface area (Å²) >= 11 is 0. The zero-order chi connectivity index (χ0) is 15.9. The monoisotopic (exact) mass is 312 g/mol. The van der Waals surface area contributed by atoms with Crippen LogP contribution in [0, 0.1) is 0 Å². The molecule has 0 amide bonds. The van der Waals surface area contributed by atoms with E-state index in [1.807, 2.05) is 48.5 Å². The van der Waals surface area contributed by atoms with E-state index in [0.717, 1.165) is 27.7 Å². The molecule has 114 valence electrons. The normalized spacial score (nSPS) is 11.3. The molecular weight excluding hydrogens is 300 g/mol. The summed E-state index contributed by atoms with van der Waals surface area (Å²) < 4.78 is 7.23. The zero-order valence-electron chi connectivity index (χ0n) is 12.6. The molecule has 3 aromatic heterocycles. The summed E-state index contributed by atoms with van der Waals surface area (Å²) in [5.74, 6) is 1.24. The molecule has 0 aliphatic carbocycles. The Morgan fingerprint density at radius 2 is 1.54 bits per heavy atom. The molecule has 3 heterocycles. The number of hydrogen-bond acceptors (Lipinski definition) is 4. The van der Waals surface area contributed by atoms with E-state index >= 15 is 0 Å². The van der Waals surface area contributed by atoms with E-state index in [1.165, 1.54) is 0 Å². The number of nitrogens with zero attached hydrogens (tertiary/aromatic N) is 4. The molecule has 0 N–H and O–H groups in total. The van der Waals surface area contributed by atoms with Gasteiger partial charge in [0.15, 0.2) is 11.4 Å². The van der Waals surface area contributed by atoms with Gasteiger partial charge in [-0.15, -0.1) is 10.2 Å². The van der Waals surface area contributed by atoms with Crippen molar-refractivity contribution in [3.05, 3.63) is 73.0 Å². The topological polar surface area (TPSA) is 56.2 Å². The van der Waals surface area contributed by atoms with Gasteiger partial charge in [0.05, 0.1) is 12.0 Å². The van der Waals surface area contributed by atoms with Gasteiger partial charge in [-0.2, -0.15) is 9.61 Å². The Balaban J connectivity index is 1.92. The van der Waals surface area contributed by atoms with Crippen molar-refractivity contribution in [3.8, 4) is 22.8 Å². The van der Waals surface area contributed by atoms with Crippen LogP contribution in [0.25, 0.3) is 39.3 Å². The Kier molecular flexibility index (Phi) is 2.72. The van der Waals surface area contributed by atoms with Gasteiger partial charge in [-0.05, 0) is 12.1 Å². The first-order valence-electron chi connectivity index (χ1n) is 7.65. The molecule has 0 fully saturated rings. The molecule has 0 saturated carbocycles. The molecule has 0 spiro atoms. The predicted octanol–water partition coefficient (Wildman–Crippen LogP) is 4.20. The summed E-state index contributed by atoms with van der Waals surface area (Å²) in [6.07, 6.45) is 1.62. The molecule has 5 rings (SSSR count). The fourth-order valence-electron chi connectivity index (χ4n) is 2.95. The van der Waals surface area contributed by atoms with Crippen molar-refractivity contribution in [2.75, 3.05) is 0 Å². The lowest BCUT2D eigenvalue weighted by Gasteiger charge is -2.08. The van der Waals surface area contributed by atoms with Crippen molar-refractivity contribution in [2.45, 2.75) is 0 Å². The smallest absolute Gasteiger partial charge is 0.220 e. The number of rotatable bonds is 2. The van der Waals surface area contributed by atoms with Crippen LogP contribution < -0.4 is 0 Å². The summed E-state index contributed by atoms with van der Waals surface area (Å²) in [5.41, 5.74) is 2.66. The molecule has 5 nitrogen and oxygen atoms in total. The Hall–Kier alpha value is -3.47. The van der Waals surface area contributed by atoms with E-state index in [4.69, 9.17) is 9.52 Å². The zero-order valence-corrected chi connectivity index (χ0v) is 12.6. The number of aromatic nitrogens is 4. The third-order valence-electron chi connectivity index (χ3n) is 4.05. The first kappa shape index (κ1) is 13.0. The molecule has 0 unspecified atom stereocenters. The van der Waals surface area contributed by atoms with Gasteiger partial charge in [-0.3, -0.25) is 0 Å². The lowest BCUT2D eigenvalue weighted by atomic mass is 10.1. The highest BCUT2D eigenvalue weighted by Crippen LogP contribution is 2.30. The summed E-state index contributed by atoms with van der Waals surface area (Å²) in [7, 11) is 0. The van der Waals surface area contributed by atoms with Crippen LogP contribution in [0.4, 0.5) is 0 Å². The van der Waals surface area contributed by atoms with Crippen molar-refractivity contribution < 1.29 is 4.42 Å². The van der Waals surface area contributed by atoms with E-state index in [1.54, 1.807) is 10.8 Å². The number of benzene rings is 2. The van der Waals surface area contributed by atoms with Gasteiger partial charge in [-0.25, -0.2) is 0 Å². The van der Waals surface area contributed by atoms with Crippen LogP contribution >= 0.6 is 0 Å². The SMILES string of the molecule is c1ccc(-c2nn3c(-c4ccco4)nnc3c3ccccc23)cc1. The maximum atomic E-state index is 5.48. The minimum Gasteiger partial charge on any atom is -0.461 e. The summed E-state index contributed by atoms with van der Waals surface area (Å²) in [4.78, 5) is 0. The van der Waals surface area contributed by atoms with Gasteiger partial charge in [0, 0.05) is 16.3 Å². The molecule has 0 radical (unpaired) electrons. The number of fused-ring (bicyclic) bond motifs is 3. The minimum atomic E-state index is 0.595. The van der Waals surface area contributed by atoms with Crippen LogP contribution in [0.1, 0.15) is 0 Å². The summed E-state index contributed by atoms with van der Waals surface area (Å²) in [6, 6.07) is 21.9. The fraction of sp³-hybridized carbons (Fsp3) is 0. The second-order valence-electron chi connectivity index (χ2n) is 5.50. The second-order valence-corrected chi connectivity index (χ2v) is 5.50. The molecule has 0 aliphatic heterocycles. The predicted molar refractivity (Wildman–Crippen MR) is 91.4 cm³/mol. The Bertz CT molecular complexity index is 1140. The molecule has 2 aromatic carbocycles. The van der Waals surface area contributed by atoms with E-state index in [-0.39, 0.29) is 0 Å². The Labute approximate surface area is 137 Å². The van der Waals surface area contributed by atoms with E-state index < -0.39 is 0 Å². The molecule has 0 aliphatic rings. The average molecular weight is 312 g/mol. The van der Waals surface area contributed by atoms with E-state index in [9.17, 15) is 0 Å². The molecule has 0 atom stereocenters. The average Bonchev–Trinajstić information content (AvgIpc) is 3.31. The van der Waals surface area contributed by atoms with Crippen molar-refractivity contribution >= 4 is 16.4 Å². The van der Waals surface area contributed by atoms with E-state index in [0.29, 0.717) is 11.6 Å². The maximum Gasteiger partial charge on any atom is 0.220 e. The first-order chi connectivity index (χ1) is 11.9. The van der Waals surface area contributed by atoms with Crippen molar-refractivity contribution in [1.29, 1.82) is 0 Å². The maximum absolute atomic E-state index is 5.48. The summed E-state index contributed by atoms with van der Waals surface area (Å²) in [6.45, 7) is 0. The molecule has 0 saturated heterocycles. The largest absolute Gasteiger partial charge is 0.461 e. The highest BCUT2D eigenvalue weighted by atomic mass is 16.3. The summed E-state index contributed by atoms with van der Waals surface area (Å²) in [5, 5.41) is 15.5. The minimum absolute atomic E-state index is 0.595. The van der Waals surface area contributed by atoms with Crippen LogP contribution in [-0.4, -0.2) is 19.8 Å². The van der Waals surface area contributed by atoms with Gasteiger partial charge in [0.1, 0.15) is 0 Å². The third-order valence-corrected chi connectivity index (χ3v) is 4.05. The van der Waals surface area contributed by atoms with Crippen LogP contribution in [0.3, 0.4) is 0 Å². The van der Waals surface area contributed by atoms with Crippen LogP contribution in [0.5, 0.6) is 0 Å². The molecule has 5 aromatic rings. The Morgan fingerprint density at radius 3 is 2.33 bits per heavy atom. The Morgan fingerprint density at radius 1 is 0.750 bits per heavy atom. The molecule has 0 bridgehead atoms.